The first-order valence-electron chi connectivity index (χ1n) is 7.90. The van der Waals surface area contributed by atoms with Crippen molar-refractivity contribution >= 4 is 5.91 Å². The smallest absolute Gasteiger partial charge is 0.354 e. The molecular formula is C19H21F3N2O. The van der Waals surface area contributed by atoms with Gasteiger partial charge in [-0.1, -0.05) is 39.0 Å². The van der Waals surface area contributed by atoms with Gasteiger partial charge in [0, 0.05) is 13.2 Å². The fraction of sp³-hybridized carbons (Fsp3) is 0.368. The second-order valence-electron chi connectivity index (χ2n) is 6.93. The van der Waals surface area contributed by atoms with Crippen LogP contribution in [-0.4, -0.2) is 17.9 Å². The van der Waals surface area contributed by atoms with E-state index in [1.807, 2.05) is 20.8 Å². The van der Waals surface area contributed by atoms with E-state index in [1.54, 1.807) is 12.1 Å². The molecule has 1 N–H and O–H groups in total. The molecule has 2 rings (SSSR count). The molecule has 0 atom stereocenters. The van der Waals surface area contributed by atoms with Crippen LogP contribution in [-0.2, 0) is 18.0 Å². The monoisotopic (exact) mass is 350 g/mol. The maximum Gasteiger partial charge on any atom is 0.416 e. The maximum atomic E-state index is 13.5. The van der Waals surface area contributed by atoms with Gasteiger partial charge < -0.3 is 5.32 Å². The number of pyridine rings is 1. The topological polar surface area (TPSA) is 42.0 Å². The average molecular weight is 350 g/mol. The third kappa shape index (κ3) is 4.59. The van der Waals surface area contributed by atoms with Crippen LogP contribution in [0.25, 0.3) is 0 Å². The summed E-state index contributed by atoms with van der Waals surface area (Å²) in [5.41, 5.74) is 0.670. The van der Waals surface area contributed by atoms with Crippen LogP contribution in [0.3, 0.4) is 0 Å². The lowest BCUT2D eigenvalue weighted by molar-refractivity contribution is -0.138. The Bertz CT molecular complexity index is 760. The summed E-state index contributed by atoms with van der Waals surface area (Å²) in [4.78, 5) is 15.5. The van der Waals surface area contributed by atoms with E-state index >= 15 is 0 Å². The lowest BCUT2D eigenvalue weighted by Gasteiger charge is -2.22. The summed E-state index contributed by atoms with van der Waals surface area (Å²) in [5, 5.41) is 2.45. The van der Waals surface area contributed by atoms with Gasteiger partial charge in [-0.2, -0.15) is 13.2 Å². The minimum absolute atomic E-state index is 0.0975. The Hall–Kier alpha value is -2.37. The molecule has 0 spiro atoms. The van der Waals surface area contributed by atoms with Crippen molar-refractivity contribution in [3.05, 3.63) is 64.5 Å². The number of hydrogen-bond acceptors (Lipinski definition) is 2. The highest BCUT2D eigenvalue weighted by atomic mass is 19.4. The Morgan fingerprint density at radius 1 is 1.12 bits per heavy atom. The lowest BCUT2D eigenvalue weighted by Crippen LogP contribution is -2.19. The van der Waals surface area contributed by atoms with Crippen LogP contribution >= 0.6 is 0 Å². The van der Waals surface area contributed by atoms with E-state index in [2.05, 4.69) is 10.3 Å². The molecule has 0 bridgehead atoms. The van der Waals surface area contributed by atoms with Crippen molar-refractivity contribution in [3.8, 4) is 0 Å². The number of nitrogens with zero attached hydrogens (tertiary/aromatic N) is 1. The molecule has 2 aromatic rings. The fourth-order valence-corrected chi connectivity index (χ4v) is 2.47. The van der Waals surface area contributed by atoms with Gasteiger partial charge in [0.1, 0.15) is 5.69 Å². The van der Waals surface area contributed by atoms with Gasteiger partial charge in [0.15, 0.2) is 0 Å². The second-order valence-corrected chi connectivity index (χ2v) is 6.93. The number of nitrogens with one attached hydrogen (secondary N) is 1. The van der Waals surface area contributed by atoms with Crippen LogP contribution in [0.2, 0.25) is 0 Å². The van der Waals surface area contributed by atoms with Crippen molar-refractivity contribution in [2.45, 2.75) is 38.8 Å². The number of halogens is 3. The van der Waals surface area contributed by atoms with E-state index in [4.69, 9.17) is 0 Å². The number of aromatic nitrogens is 1. The lowest BCUT2D eigenvalue weighted by atomic mass is 9.84. The van der Waals surface area contributed by atoms with Crippen LogP contribution in [0, 0.1) is 0 Å². The maximum absolute atomic E-state index is 13.5. The van der Waals surface area contributed by atoms with E-state index in [0.29, 0.717) is 11.1 Å². The zero-order valence-corrected chi connectivity index (χ0v) is 14.7. The number of alkyl halides is 3. The van der Waals surface area contributed by atoms with Gasteiger partial charge >= 0.3 is 6.18 Å². The van der Waals surface area contributed by atoms with Gasteiger partial charge in [-0.3, -0.25) is 9.78 Å². The zero-order chi connectivity index (χ0) is 18.8. The molecule has 0 unspecified atom stereocenters. The zero-order valence-electron chi connectivity index (χ0n) is 14.7. The molecule has 0 radical (unpaired) electrons. The number of rotatable bonds is 3. The van der Waals surface area contributed by atoms with Gasteiger partial charge in [0.25, 0.3) is 5.91 Å². The van der Waals surface area contributed by atoms with Crippen molar-refractivity contribution in [2.24, 2.45) is 0 Å². The van der Waals surface area contributed by atoms with Gasteiger partial charge in [0.05, 0.1) is 5.56 Å². The SMILES string of the molecule is CNC(=O)c1ccc(Cc2ccc(C(C)(C)C)cc2C(F)(F)F)cn1. The van der Waals surface area contributed by atoms with Crippen LogP contribution in [0.1, 0.15) is 53.5 Å². The molecule has 0 aliphatic rings. The molecule has 0 saturated carbocycles. The molecule has 134 valence electrons. The Kier molecular flexibility index (Phi) is 5.20. The number of amides is 1. The molecule has 3 nitrogen and oxygen atoms in total. The molecule has 0 aliphatic carbocycles. The van der Waals surface area contributed by atoms with Gasteiger partial charge in [-0.15, -0.1) is 0 Å². The minimum Gasteiger partial charge on any atom is -0.354 e. The summed E-state index contributed by atoms with van der Waals surface area (Å²) in [6, 6.07) is 7.61. The summed E-state index contributed by atoms with van der Waals surface area (Å²) in [6.45, 7) is 5.64. The van der Waals surface area contributed by atoms with Crippen LogP contribution in [0.5, 0.6) is 0 Å². The van der Waals surface area contributed by atoms with E-state index < -0.39 is 11.7 Å². The number of hydrogen-bond donors (Lipinski definition) is 1. The molecule has 25 heavy (non-hydrogen) atoms. The van der Waals surface area contributed by atoms with Crippen molar-refractivity contribution < 1.29 is 18.0 Å². The predicted molar refractivity (Wildman–Crippen MR) is 90.6 cm³/mol. The van der Waals surface area contributed by atoms with Crippen LogP contribution in [0.15, 0.2) is 36.5 Å². The highest BCUT2D eigenvalue weighted by molar-refractivity contribution is 5.91. The standard InChI is InChI=1S/C19H21F3N2O/c1-18(2,3)14-7-6-13(15(10-14)19(20,21)22)9-12-5-8-16(24-11-12)17(25)23-4/h5-8,10-11H,9H2,1-4H3,(H,23,25). The number of carbonyl (C=O) groups excluding carboxylic acids is 1. The molecule has 0 fully saturated rings. The Morgan fingerprint density at radius 3 is 2.28 bits per heavy atom. The first-order chi connectivity index (χ1) is 11.5. The van der Waals surface area contributed by atoms with Gasteiger partial charge in [-0.25, -0.2) is 0 Å². The van der Waals surface area contributed by atoms with Gasteiger partial charge in [-0.05, 0) is 40.7 Å². The summed E-state index contributed by atoms with van der Waals surface area (Å²) >= 11 is 0. The Labute approximate surface area is 145 Å². The molecule has 1 amide bonds. The summed E-state index contributed by atoms with van der Waals surface area (Å²) in [7, 11) is 1.49. The average Bonchev–Trinajstić information content (AvgIpc) is 2.53. The Morgan fingerprint density at radius 2 is 1.80 bits per heavy atom. The largest absolute Gasteiger partial charge is 0.416 e. The fourth-order valence-electron chi connectivity index (χ4n) is 2.47. The molecule has 0 aliphatic heterocycles. The summed E-state index contributed by atoms with van der Waals surface area (Å²) < 4.78 is 40.4. The molecule has 0 saturated heterocycles. The van der Waals surface area contributed by atoms with E-state index in [-0.39, 0.29) is 29.0 Å². The van der Waals surface area contributed by atoms with Crippen molar-refractivity contribution in [1.82, 2.24) is 10.3 Å². The summed E-state index contributed by atoms with van der Waals surface area (Å²) in [5.74, 6) is -0.336. The Balaban J connectivity index is 2.37. The number of benzene rings is 1. The highest BCUT2D eigenvalue weighted by Crippen LogP contribution is 2.36. The summed E-state index contributed by atoms with van der Waals surface area (Å²) in [6.07, 6.45) is -2.89. The molecular weight excluding hydrogens is 329 g/mol. The third-order valence-corrected chi connectivity index (χ3v) is 3.96. The molecule has 1 aromatic carbocycles. The van der Waals surface area contributed by atoms with E-state index in [0.717, 1.165) is 0 Å². The van der Waals surface area contributed by atoms with E-state index in [9.17, 15) is 18.0 Å². The van der Waals surface area contributed by atoms with Gasteiger partial charge in [0.2, 0.25) is 0 Å². The number of carbonyl (C=O) groups is 1. The minimum atomic E-state index is -4.42. The van der Waals surface area contributed by atoms with Crippen LogP contribution in [0.4, 0.5) is 13.2 Å². The molecule has 1 heterocycles. The second kappa shape index (κ2) is 6.86. The highest BCUT2D eigenvalue weighted by Gasteiger charge is 2.34. The molecule has 6 heteroatoms. The van der Waals surface area contributed by atoms with Crippen molar-refractivity contribution in [3.63, 3.8) is 0 Å². The van der Waals surface area contributed by atoms with E-state index in [1.165, 1.54) is 31.4 Å². The third-order valence-electron chi connectivity index (χ3n) is 3.96. The predicted octanol–water partition coefficient (Wildman–Crippen LogP) is 4.35. The van der Waals surface area contributed by atoms with Crippen LogP contribution < -0.4 is 5.32 Å². The molecule has 1 aromatic heterocycles. The first-order valence-corrected chi connectivity index (χ1v) is 7.90. The van der Waals surface area contributed by atoms with Crippen molar-refractivity contribution in [1.29, 1.82) is 0 Å². The quantitative estimate of drug-likeness (QED) is 0.894. The van der Waals surface area contributed by atoms with Crippen molar-refractivity contribution in [2.75, 3.05) is 7.05 Å². The first kappa shape index (κ1) is 19.0. The normalized spacial score (nSPS) is 12.1.